The minimum atomic E-state index is -4.30. The summed E-state index contributed by atoms with van der Waals surface area (Å²) in [5.74, 6) is -2.32. The smallest absolute Gasteiger partial charge is 0.264 e. The number of hydrogen-bond acceptors (Lipinski definition) is 4. The van der Waals surface area contributed by atoms with E-state index in [-0.39, 0.29) is 22.7 Å². The number of amides is 2. The van der Waals surface area contributed by atoms with Crippen LogP contribution in [0.1, 0.15) is 25.8 Å². The van der Waals surface area contributed by atoms with Crippen LogP contribution in [-0.4, -0.2) is 44.3 Å². The lowest BCUT2D eigenvalue weighted by Gasteiger charge is -2.32. The molecule has 10 heteroatoms. The summed E-state index contributed by atoms with van der Waals surface area (Å²) in [6.45, 7) is 2.87. The van der Waals surface area contributed by atoms with Crippen LogP contribution in [0.2, 0.25) is 0 Å². The van der Waals surface area contributed by atoms with Crippen LogP contribution < -0.4 is 9.62 Å². The zero-order valence-corrected chi connectivity index (χ0v) is 21.4. The Morgan fingerprint density at radius 2 is 1.54 bits per heavy atom. The van der Waals surface area contributed by atoms with Crippen molar-refractivity contribution in [2.75, 3.05) is 17.4 Å². The number of hydrogen-bond donors (Lipinski definition) is 1. The van der Waals surface area contributed by atoms with E-state index < -0.39 is 46.1 Å². The Hall–Kier alpha value is -3.79. The van der Waals surface area contributed by atoms with Crippen LogP contribution >= 0.6 is 0 Å². The van der Waals surface area contributed by atoms with Gasteiger partial charge in [0.2, 0.25) is 11.8 Å². The van der Waals surface area contributed by atoms with Gasteiger partial charge in [0, 0.05) is 18.7 Å². The normalized spacial score (nSPS) is 12.0. The first-order chi connectivity index (χ1) is 17.6. The molecule has 0 heterocycles. The average molecular weight is 530 g/mol. The number of halogens is 2. The van der Waals surface area contributed by atoms with Crippen LogP contribution in [0.4, 0.5) is 14.5 Å². The third kappa shape index (κ3) is 6.91. The Balaban J connectivity index is 2.00. The van der Waals surface area contributed by atoms with Gasteiger partial charge in [-0.3, -0.25) is 13.9 Å². The van der Waals surface area contributed by atoms with Gasteiger partial charge in [0.15, 0.2) is 0 Å². The molecule has 1 atom stereocenters. The van der Waals surface area contributed by atoms with E-state index in [1.54, 1.807) is 24.3 Å². The van der Waals surface area contributed by atoms with Crippen molar-refractivity contribution >= 4 is 27.5 Å². The minimum Gasteiger partial charge on any atom is -0.354 e. The minimum absolute atomic E-state index is 0.179. The quantitative estimate of drug-likeness (QED) is 0.405. The predicted octanol–water partition coefficient (Wildman–Crippen LogP) is 4.10. The maximum absolute atomic E-state index is 14.5. The van der Waals surface area contributed by atoms with E-state index in [4.69, 9.17) is 0 Å². The van der Waals surface area contributed by atoms with Crippen molar-refractivity contribution in [1.29, 1.82) is 0 Å². The molecule has 3 rings (SSSR count). The summed E-state index contributed by atoms with van der Waals surface area (Å²) in [6.07, 6.45) is 0.678. The van der Waals surface area contributed by atoms with Gasteiger partial charge in [0.05, 0.1) is 10.6 Å². The molecule has 0 aliphatic heterocycles. The fourth-order valence-corrected chi connectivity index (χ4v) is 5.06. The highest BCUT2D eigenvalue weighted by atomic mass is 32.2. The number of nitrogens with zero attached hydrogens (tertiary/aromatic N) is 2. The van der Waals surface area contributed by atoms with Crippen LogP contribution in [0.3, 0.4) is 0 Å². The second-order valence-electron chi connectivity index (χ2n) is 8.38. The van der Waals surface area contributed by atoms with E-state index in [1.165, 1.54) is 37.3 Å². The highest BCUT2D eigenvalue weighted by molar-refractivity contribution is 7.92. The molecule has 0 aromatic heterocycles. The molecule has 7 nitrogen and oxygen atoms in total. The maximum atomic E-state index is 14.5. The van der Waals surface area contributed by atoms with Gasteiger partial charge in [-0.25, -0.2) is 17.2 Å². The van der Waals surface area contributed by atoms with E-state index in [9.17, 15) is 26.8 Å². The molecule has 0 bridgehead atoms. The van der Waals surface area contributed by atoms with Gasteiger partial charge in [0.25, 0.3) is 10.0 Å². The van der Waals surface area contributed by atoms with E-state index in [0.29, 0.717) is 13.0 Å². The van der Waals surface area contributed by atoms with Crippen molar-refractivity contribution in [2.45, 2.75) is 37.8 Å². The lowest BCUT2D eigenvalue weighted by molar-refractivity contribution is -0.139. The standard InChI is InChI=1S/C27H29F2N3O4S/c1-3-17-30-27(34)20(2)31(18-21-9-7-8-12-25(21)29)26(33)19-32(23-10-5-4-6-11-23)37(35,36)24-15-13-22(28)14-16-24/h4-16,20H,3,17-19H2,1-2H3,(H,30,34)/t20-/m0/s1. The fraction of sp³-hybridized carbons (Fsp3) is 0.259. The molecule has 0 saturated heterocycles. The van der Waals surface area contributed by atoms with E-state index >= 15 is 0 Å². The summed E-state index contributed by atoms with van der Waals surface area (Å²) in [5.41, 5.74) is 0.382. The SMILES string of the molecule is CCCNC(=O)[C@H](C)N(Cc1ccccc1F)C(=O)CN(c1ccccc1)S(=O)(=O)c1ccc(F)cc1. The molecule has 0 radical (unpaired) electrons. The number of carbonyl (C=O) groups is 2. The molecule has 0 aliphatic carbocycles. The van der Waals surface area contributed by atoms with Gasteiger partial charge < -0.3 is 10.2 Å². The summed E-state index contributed by atoms with van der Waals surface area (Å²) >= 11 is 0. The summed E-state index contributed by atoms with van der Waals surface area (Å²) in [5, 5.41) is 2.72. The summed E-state index contributed by atoms with van der Waals surface area (Å²) < 4.78 is 55.9. The molecule has 2 amide bonds. The summed E-state index contributed by atoms with van der Waals surface area (Å²) in [7, 11) is -4.30. The van der Waals surface area contributed by atoms with Crippen molar-refractivity contribution in [1.82, 2.24) is 10.2 Å². The largest absolute Gasteiger partial charge is 0.354 e. The van der Waals surface area contributed by atoms with Crippen LogP contribution in [0.15, 0.2) is 83.8 Å². The number of sulfonamides is 1. The van der Waals surface area contributed by atoms with E-state index in [2.05, 4.69) is 5.32 Å². The van der Waals surface area contributed by atoms with Crippen molar-refractivity contribution in [3.8, 4) is 0 Å². The topological polar surface area (TPSA) is 86.8 Å². The Labute approximate surface area is 215 Å². The zero-order valence-electron chi connectivity index (χ0n) is 20.6. The van der Waals surface area contributed by atoms with Crippen molar-refractivity contribution in [3.05, 3.63) is 96.1 Å². The molecular weight excluding hydrogens is 500 g/mol. The number of rotatable bonds is 11. The Morgan fingerprint density at radius 3 is 2.16 bits per heavy atom. The molecule has 196 valence electrons. The Bertz CT molecular complexity index is 1320. The molecule has 1 N–H and O–H groups in total. The molecule has 0 aliphatic rings. The fourth-order valence-electron chi connectivity index (χ4n) is 3.65. The number of benzene rings is 3. The summed E-state index contributed by atoms with van der Waals surface area (Å²) in [4.78, 5) is 27.4. The van der Waals surface area contributed by atoms with Crippen molar-refractivity contribution in [3.63, 3.8) is 0 Å². The van der Waals surface area contributed by atoms with Crippen LogP contribution in [-0.2, 0) is 26.2 Å². The molecule has 3 aromatic carbocycles. The average Bonchev–Trinajstić information content (AvgIpc) is 2.90. The number of carbonyl (C=O) groups excluding carboxylic acids is 2. The molecule has 37 heavy (non-hydrogen) atoms. The van der Waals surface area contributed by atoms with Crippen molar-refractivity contribution < 1.29 is 26.8 Å². The highest BCUT2D eigenvalue weighted by Crippen LogP contribution is 2.24. The first-order valence-electron chi connectivity index (χ1n) is 11.8. The van der Waals surface area contributed by atoms with Crippen LogP contribution in [0.25, 0.3) is 0 Å². The molecule has 0 fully saturated rings. The third-order valence-electron chi connectivity index (χ3n) is 5.74. The molecule has 3 aromatic rings. The first-order valence-corrected chi connectivity index (χ1v) is 13.2. The zero-order chi connectivity index (χ0) is 27.0. The molecule has 0 saturated carbocycles. The Morgan fingerprint density at radius 1 is 0.919 bits per heavy atom. The third-order valence-corrected chi connectivity index (χ3v) is 7.53. The monoisotopic (exact) mass is 529 g/mol. The van der Waals surface area contributed by atoms with Gasteiger partial charge in [-0.1, -0.05) is 43.3 Å². The first kappa shape index (κ1) is 27.8. The number of anilines is 1. The van der Waals surface area contributed by atoms with Gasteiger partial charge in [-0.2, -0.15) is 0 Å². The van der Waals surface area contributed by atoms with Gasteiger partial charge in [-0.05, 0) is 55.8 Å². The van der Waals surface area contributed by atoms with Gasteiger partial charge >= 0.3 is 0 Å². The number of nitrogens with one attached hydrogen (secondary N) is 1. The lowest BCUT2D eigenvalue weighted by Crippen LogP contribution is -2.51. The predicted molar refractivity (Wildman–Crippen MR) is 137 cm³/mol. The summed E-state index contributed by atoms with van der Waals surface area (Å²) in [6, 6.07) is 17.1. The van der Waals surface area contributed by atoms with Crippen LogP contribution in [0, 0.1) is 11.6 Å². The second-order valence-corrected chi connectivity index (χ2v) is 10.2. The lowest BCUT2D eigenvalue weighted by atomic mass is 10.1. The number of para-hydroxylation sites is 1. The molecular formula is C27H29F2N3O4S. The molecule has 0 unspecified atom stereocenters. The maximum Gasteiger partial charge on any atom is 0.264 e. The highest BCUT2D eigenvalue weighted by Gasteiger charge is 2.32. The van der Waals surface area contributed by atoms with Gasteiger partial charge in [0.1, 0.15) is 24.2 Å². The second kappa shape index (κ2) is 12.4. The van der Waals surface area contributed by atoms with Crippen molar-refractivity contribution in [2.24, 2.45) is 0 Å². The van der Waals surface area contributed by atoms with E-state index in [0.717, 1.165) is 33.5 Å². The van der Waals surface area contributed by atoms with Crippen LogP contribution in [0.5, 0.6) is 0 Å². The Kier molecular flexibility index (Phi) is 9.35. The molecule has 0 spiro atoms. The van der Waals surface area contributed by atoms with E-state index in [1.807, 2.05) is 6.92 Å². The van der Waals surface area contributed by atoms with Gasteiger partial charge in [-0.15, -0.1) is 0 Å².